The molecule has 5 nitrogen and oxygen atoms in total. The monoisotopic (exact) mass is 361 g/mol. The molecule has 0 radical (unpaired) electrons. The second-order valence-corrected chi connectivity index (χ2v) is 6.12. The van der Waals surface area contributed by atoms with Crippen LogP contribution in [0.5, 0.6) is 5.75 Å². The minimum atomic E-state index is -0.301. The molecule has 0 bridgehead atoms. The number of anilines is 2. The average molecular weight is 362 g/mol. The first-order valence-electron chi connectivity index (χ1n) is 8.44. The molecule has 134 valence electrons. The first-order valence-corrected chi connectivity index (χ1v) is 8.82. The van der Waals surface area contributed by atoms with Crippen molar-refractivity contribution in [1.82, 2.24) is 4.98 Å². The predicted octanol–water partition coefficient (Wildman–Crippen LogP) is 4.62. The molecule has 0 fully saturated rings. The van der Waals surface area contributed by atoms with Crippen molar-refractivity contribution in [2.45, 2.75) is 26.7 Å². The molecule has 0 unspecified atom stereocenters. The van der Waals surface area contributed by atoms with E-state index in [0.717, 1.165) is 31.6 Å². The number of hydrogen-bond acceptors (Lipinski definition) is 4. The second kappa shape index (κ2) is 9.28. The minimum absolute atomic E-state index is 0.301. The van der Waals surface area contributed by atoms with Crippen molar-refractivity contribution < 1.29 is 9.53 Å². The molecule has 2 rings (SSSR count). The third kappa shape index (κ3) is 5.10. The molecule has 0 spiro atoms. The van der Waals surface area contributed by atoms with E-state index in [4.69, 9.17) is 16.3 Å². The van der Waals surface area contributed by atoms with Crippen LogP contribution >= 0.6 is 11.6 Å². The van der Waals surface area contributed by atoms with Crippen LogP contribution in [0.2, 0.25) is 5.02 Å². The number of rotatable bonds is 8. The van der Waals surface area contributed by atoms with Gasteiger partial charge in [0, 0.05) is 18.1 Å². The van der Waals surface area contributed by atoms with Crippen molar-refractivity contribution in [3.63, 3.8) is 0 Å². The fraction of sp³-hybridized carbons (Fsp3) is 0.368. The maximum Gasteiger partial charge on any atom is 0.274 e. The number of halogens is 1. The van der Waals surface area contributed by atoms with Gasteiger partial charge < -0.3 is 15.0 Å². The summed E-state index contributed by atoms with van der Waals surface area (Å²) in [6, 6.07) is 8.74. The summed E-state index contributed by atoms with van der Waals surface area (Å²) in [6.07, 6.45) is 3.88. The second-order valence-electron chi connectivity index (χ2n) is 5.69. The van der Waals surface area contributed by atoms with Crippen LogP contribution < -0.4 is 15.0 Å². The molecule has 1 aromatic heterocycles. The Hall–Kier alpha value is -2.27. The summed E-state index contributed by atoms with van der Waals surface area (Å²) in [5.74, 6) is 0.246. The van der Waals surface area contributed by atoms with Crippen LogP contribution in [0.15, 0.2) is 36.5 Å². The van der Waals surface area contributed by atoms with Crippen molar-refractivity contribution in [3.8, 4) is 5.75 Å². The predicted molar refractivity (Wildman–Crippen MR) is 103 cm³/mol. The largest absolute Gasteiger partial charge is 0.495 e. The smallest absolute Gasteiger partial charge is 0.274 e. The molecule has 0 saturated heterocycles. The number of aromatic nitrogens is 1. The Labute approximate surface area is 154 Å². The first-order chi connectivity index (χ1) is 12.1. The number of carbonyl (C=O) groups is 1. The molecular weight excluding hydrogens is 338 g/mol. The molecule has 1 heterocycles. The van der Waals surface area contributed by atoms with Gasteiger partial charge in [-0.1, -0.05) is 25.4 Å². The van der Waals surface area contributed by atoms with Gasteiger partial charge in [0.25, 0.3) is 5.91 Å². The van der Waals surface area contributed by atoms with Gasteiger partial charge in [-0.25, -0.2) is 4.98 Å². The molecule has 1 N–H and O–H groups in total. The van der Waals surface area contributed by atoms with Crippen LogP contribution in [-0.4, -0.2) is 31.1 Å². The van der Waals surface area contributed by atoms with Crippen molar-refractivity contribution in [1.29, 1.82) is 0 Å². The molecule has 0 atom stereocenters. The highest BCUT2D eigenvalue weighted by molar-refractivity contribution is 6.31. The van der Waals surface area contributed by atoms with Crippen LogP contribution in [0.1, 0.15) is 37.2 Å². The third-order valence-corrected chi connectivity index (χ3v) is 3.98. The SMILES string of the molecule is CCCN(CCC)c1ccc(C(=O)Nc2cc(Cl)ccc2OC)nc1. The van der Waals surface area contributed by atoms with Crippen molar-refractivity contribution in [2.75, 3.05) is 30.4 Å². The van der Waals surface area contributed by atoms with E-state index in [9.17, 15) is 4.79 Å². The number of ether oxygens (including phenoxy) is 1. The number of pyridine rings is 1. The lowest BCUT2D eigenvalue weighted by atomic mass is 10.2. The van der Waals surface area contributed by atoms with Gasteiger partial charge in [0.2, 0.25) is 0 Å². The van der Waals surface area contributed by atoms with Gasteiger partial charge in [0.15, 0.2) is 0 Å². The molecule has 6 heteroatoms. The van der Waals surface area contributed by atoms with Crippen LogP contribution in [0.4, 0.5) is 11.4 Å². The molecule has 1 amide bonds. The van der Waals surface area contributed by atoms with Crippen LogP contribution in [0.25, 0.3) is 0 Å². The topological polar surface area (TPSA) is 54.5 Å². The Morgan fingerprint density at radius 3 is 2.48 bits per heavy atom. The lowest BCUT2D eigenvalue weighted by Crippen LogP contribution is -2.25. The van der Waals surface area contributed by atoms with Gasteiger partial charge in [0.1, 0.15) is 11.4 Å². The van der Waals surface area contributed by atoms with E-state index in [2.05, 4.69) is 29.0 Å². The Kier molecular flexibility index (Phi) is 7.07. The number of carbonyl (C=O) groups excluding carboxylic acids is 1. The Morgan fingerprint density at radius 2 is 1.92 bits per heavy atom. The summed E-state index contributed by atoms with van der Waals surface area (Å²) in [4.78, 5) is 19.0. The van der Waals surface area contributed by atoms with Crippen molar-refractivity contribution in [3.05, 3.63) is 47.2 Å². The number of methoxy groups -OCH3 is 1. The Balaban J connectivity index is 2.14. The number of amides is 1. The Bertz CT molecular complexity index is 698. The molecule has 0 saturated carbocycles. The van der Waals surface area contributed by atoms with E-state index >= 15 is 0 Å². The van der Waals surface area contributed by atoms with Gasteiger partial charge in [-0.05, 0) is 43.2 Å². The van der Waals surface area contributed by atoms with E-state index in [1.807, 2.05) is 6.07 Å². The van der Waals surface area contributed by atoms with Gasteiger partial charge in [0.05, 0.1) is 24.7 Å². The lowest BCUT2D eigenvalue weighted by Gasteiger charge is -2.23. The molecule has 25 heavy (non-hydrogen) atoms. The summed E-state index contributed by atoms with van der Waals surface area (Å²) in [5.41, 5.74) is 1.89. The molecule has 2 aromatic rings. The lowest BCUT2D eigenvalue weighted by molar-refractivity contribution is 0.102. The fourth-order valence-electron chi connectivity index (χ4n) is 2.58. The average Bonchev–Trinajstić information content (AvgIpc) is 2.62. The Morgan fingerprint density at radius 1 is 1.20 bits per heavy atom. The summed E-state index contributed by atoms with van der Waals surface area (Å²) in [5, 5.41) is 3.32. The van der Waals surface area contributed by atoms with E-state index in [1.165, 1.54) is 0 Å². The van der Waals surface area contributed by atoms with E-state index in [-0.39, 0.29) is 5.91 Å². The van der Waals surface area contributed by atoms with Gasteiger partial charge in [-0.3, -0.25) is 4.79 Å². The van der Waals surface area contributed by atoms with Gasteiger partial charge in [-0.2, -0.15) is 0 Å². The highest BCUT2D eigenvalue weighted by Gasteiger charge is 2.13. The molecule has 0 aliphatic rings. The van der Waals surface area contributed by atoms with Crippen LogP contribution in [0, 0.1) is 0 Å². The first kappa shape index (κ1) is 19.1. The number of hydrogen-bond donors (Lipinski definition) is 1. The van der Waals surface area contributed by atoms with Crippen molar-refractivity contribution >= 4 is 28.9 Å². The van der Waals surface area contributed by atoms with Crippen molar-refractivity contribution in [2.24, 2.45) is 0 Å². The quantitative estimate of drug-likeness (QED) is 0.745. The third-order valence-electron chi connectivity index (χ3n) is 3.74. The van der Waals surface area contributed by atoms with Crippen LogP contribution in [-0.2, 0) is 0 Å². The zero-order chi connectivity index (χ0) is 18.2. The van der Waals surface area contributed by atoms with Crippen LogP contribution in [0.3, 0.4) is 0 Å². The van der Waals surface area contributed by atoms with Gasteiger partial charge in [-0.15, -0.1) is 0 Å². The molecular formula is C19H24ClN3O2. The van der Waals surface area contributed by atoms with E-state index < -0.39 is 0 Å². The standard InChI is InChI=1S/C19H24ClN3O2/c1-4-10-23(11-5-2)15-7-8-16(21-13-15)19(24)22-17-12-14(20)6-9-18(17)25-3/h6-9,12-13H,4-5,10-11H2,1-3H3,(H,22,24). The highest BCUT2D eigenvalue weighted by atomic mass is 35.5. The summed E-state index contributed by atoms with van der Waals surface area (Å²) >= 11 is 5.99. The molecule has 0 aliphatic heterocycles. The zero-order valence-electron chi connectivity index (χ0n) is 14.9. The highest BCUT2D eigenvalue weighted by Crippen LogP contribution is 2.28. The summed E-state index contributed by atoms with van der Waals surface area (Å²) in [7, 11) is 1.54. The minimum Gasteiger partial charge on any atom is -0.495 e. The zero-order valence-corrected chi connectivity index (χ0v) is 15.6. The summed E-state index contributed by atoms with van der Waals surface area (Å²) in [6.45, 7) is 6.24. The maximum atomic E-state index is 12.4. The number of nitrogens with zero attached hydrogens (tertiary/aromatic N) is 2. The number of benzene rings is 1. The molecule has 1 aromatic carbocycles. The summed E-state index contributed by atoms with van der Waals surface area (Å²) < 4.78 is 5.24. The maximum absolute atomic E-state index is 12.4. The number of nitrogens with one attached hydrogen (secondary N) is 1. The normalized spacial score (nSPS) is 10.4. The fourth-order valence-corrected chi connectivity index (χ4v) is 2.75. The molecule has 0 aliphatic carbocycles. The van der Waals surface area contributed by atoms with Gasteiger partial charge >= 0.3 is 0 Å². The van der Waals surface area contributed by atoms with E-state index in [0.29, 0.717) is 22.2 Å². The van der Waals surface area contributed by atoms with E-state index in [1.54, 1.807) is 37.6 Å².